The molecular formula is C12H20N4O5. The van der Waals surface area contributed by atoms with Gasteiger partial charge in [-0.3, -0.25) is 24.0 Å². The number of nitrogens with two attached hydrogens (primary N) is 1. The molecule has 0 aromatic rings. The predicted octanol–water partition coefficient (Wildman–Crippen LogP) is -2.57. The van der Waals surface area contributed by atoms with Crippen LogP contribution in [0.3, 0.4) is 0 Å². The molecule has 1 unspecified atom stereocenters. The molecule has 0 heterocycles. The van der Waals surface area contributed by atoms with Crippen LogP contribution in [0.5, 0.6) is 0 Å². The lowest BCUT2D eigenvalue weighted by Crippen LogP contribution is -2.51. The van der Waals surface area contributed by atoms with Gasteiger partial charge in [-0.25, -0.2) is 0 Å². The monoisotopic (exact) mass is 300 g/mol. The van der Waals surface area contributed by atoms with Crippen molar-refractivity contribution in [3.63, 3.8) is 0 Å². The van der Waals surface area contributed by atoms with E-state index in [-0.39, 0.29) is 24.8 Å². The van der Waals surface area contributed by atoms with Crippen molar-refractivity contribution in [1.29, 1.82) is 0 Å². The smallest absolute Gasteiger partial charge is 0.243 e. The molecule has 0 rings (SSSR count). The van der Waals surface area contributed by atoms with E-state index < -0.39 is 30.2 Å². The van der Waals surface area contributed by atoms with Crippen molar-refractivity contribution < 1.29 is 24.0 Å². The zero-order chi connectivity index (χ0) is 16.4. The van der Waals surface area contributed by atoms with Gasteiger partial charge in [-0.15, -0.1) is 0 Å². The molecule has 9 heteroatoms. The molecule has 0 aromatic heterocycles. The molecule has 5 N–H and O–H groups in total. The largest absolute Gasteiger partial charge is 0.370 e. The third-order valence-electron chi connectivity index (χ3n) is 2.48. The predicted molar refractivity (Wildman–Crippen MR) is 72.7 cm³/mol. The fraction of sp³-hybridized carbons (Fsp3) is 0.583. The van der Waals surface area contributed by atoms with Crippen LogP contribution in [0, 0.1) is 5.92 Å². The molecule has 0 aliphatic heterocycles. The van der Waals surface area contributed by atoms with Crippen LogP contribution < -0.4 is 21.7 Å². The number of hydrogen-bond acceptors (Lipinski definition) is 5. The molecule has 0 fully saturated rings. The number of rotatable bonds is 10. The molecule has 9 nitrogen and oxygen atoms in total. The first-order chi connectivity index (χ1) is 9.77. The highest BCUT2D eigenvalue weighted by Gasteiger charge is 2.23. The van der Waals surface area contributed by atoms with Crippen LogP contribution in [-0.4, -0.2) is 49.0 Å². The Morgan fingerprint density at radius 3 is 2.24 bits per heavy atom. The highest BCUT2D eigenvalue weighted by molar-refractivity contribution is 5.94. The molecule has 0 saturated carbocycles. The van der Waals surface area contributed by atoms with Crippen molar-refractivity contribution in [2.24, 2.45) is 11.7 Å². The first-order valence-corrected chi connectivity index (χ1v) is 6.33. The topological polar surface area (TPSA) is 147 Å². The average molecular weight is 300 g/mol. The van der Waals surface area contributed by atoms with Crippen molar-refractivity contribution >= 4 is 29.9 Å². The average Bonchev–Trinajstić information content (AvgIpc) is 2.40. The Balaban J connectivity index is 4.55. The van der Waals surface area contributed by atoms with Gasteiger partial charge in [0, 0.05) is 5.92 Å². The van der Waals surface area contributed by atoms with Gasteiger partial charge >= 0.3 is 0 Å². The highest BCUT2D eigenvalue weighted by Crippen LogP contribution is 1.95. The Bertz CT molecular complexity index is 422. The summed E-state index contributed by atoms with van der Waals surface area (Å²) in [6.45, 7) is 2.83. The maximum Gasteiger partial charge on any atom is 0.243 e. The van der Waals surface area contributed by atoms with E-state index in [1.165, 1.54) is 0 Å². The maximum absolute atomic E-state index is 11.8. The summed E-state index contributed by atoms with van der Waals surface area (Å²) >= 11 is 0. The lowest BCUT2D eigenvalue weighted by molar-refractivity contribution is -0.132. The van der Waals surface area contributed by atoms with E-state index in [1.54, 1.807) is 13.8 Å². The van der Waals surface area contributed by atoms with Crippen molar-refractivity contribution in [1.82, 2.24) is 16.0 Å². The van der Waals surface area contributed by atoms with E-state index in [0.29, 0.717) is 6.41 Å². The van der Waals surface area contributed by atoms with Gasteiger partial charge in [0.25, 0.3) is 0 Å². The van der Waals surface area contributed by atoms with Gasteiger partial charge < -0.3 is 21.7 Å². The van der Waals surface area contributed by atoms with E-state index in [2.05, 4.69) is 16.0 Å². The van der Waals surface area contributed by atoms with Crippen LogP contribution in [-0.2, 0) is 24.0 Å². The molecular weight excluding hydrogens is 280 g/mol. The van der Waals surface area contributed by atoms with Crippen LogP contribution in [0.2, 0.25) is 0 Å². The Morgan fingerprint density at radius 2 is 1.76 bits per heavy atom. The third-order valence-corrected chi connectivity index (χ3v) is 2.48. The van der Waals surface area contributed by atoms with Gasteiger partial charge in [-0.05, 0) is 0 Å². The summed E-state index contributed by atoms with van der Waals surface area (Å²) in [6.07, 6.45) is -0.0847. The van der Waals surface area contributed by atoms with Gasteiger partial charge in [0.1, 0.15) is 6.04 Å². The Labute approximate surface area is 122 Å². The van der Waals surface area contributed by atoms with Gasteiger partial charge in [-0.1, -0.05) is 13.8 Å². The fourth-order valence-electron chi connectivity index (χ4n) is 1.29. The fourth-order valence-corrected chi connectivity index (χ4v) is 1.29. The first kappa shape index (κ1) is 18.6. The van der Waals surface area contributed by atoms with Gasteiger partial charge in [-0.2, -0.15) is 0 Å². The molecule has 0 aliphatic carbocycles. The van der Waals surface area contributed by atoms with Crippen LogP contribution in [0.15, 0.2) is 0 Å². The Hall–Kier alpha value is -2.45. The second-order valence-electron chi connectivity index (χ2n) is 4.63. The van der Waals surface area contributed by atoms with Crippen molar-refractivity contribution in [2.75, 3.05) is 13.1 Å². The lowest BCUT2D eigenvalue weighted by Gasteiger charge is -2.17. The molecule has 0 saturated heterocycles. The first-order valence-electron chi connectivity index (χ1n) is 6.33. The van der Waals surface area contributed by atoms with Gasteiger partial charge in [0.05, 0.1) is 19.5 Å². The molecule has 21 heavy (non-hydrogen) atoms. The van der Waals surface area contributed by atoms with E-state index in [0.717, 1.165) is 0 Å². The second kappa shape index (κ2) is 9.45. The van der Waals surface area contributed by atoms with Crippen molar-refractivity contribution in [3.8, 4) is 0 Å². The molecule has 4 amide bonds. The summed E-state index contributed by atoms with van der Waals surface area (Å²) in [5.74, 6) is -2.56. The minimum Gasteiger partial charge on any atom is -0.370 e. The molecule has 0 bridgehead atoms. The quantitative estimate of drug-likeness (QED) is 0.327. The summed E-state index contributed by atoms with van der Waals surface area (Å²) in [4.78, 5) is 55.6. The van der Waals surface area contributed by atoms with E-state index >= 15 is 0 Å². The van der Waals surface area contributed by atoms with E-state index in [1.807, 2.05) is 0 Å². The lowest BCUT2D eigenvalue weighted by atomic mass is 10.1. The number of carbonyl (C=O) groups is 5. The molecule has 1 atom stereocenters. The summed E-state index contributed by atoms with van der Waals surface area (Å²) in [6, 6.07) is -1.19. The number of Topliss-reactive ketones (excluding diaryl/α,β-unsaturated/α-hetero) is 1. The number of nitrogens with one attached hydrogen (secondary N) is 3. The zero-order valence-corrected chi connectivity index (χ0v) is 12.0. The number of ketones is 1. The minimum absolute atomic E-state index is 0.185. The Morgan fingerprint density at radius 1 is 1.14 bits per heavy atom. The van der Waals surface area contributed by atoms with Gasteiger partial charge in [0.2, 0.25) is 24.1 Å². The van der Waals surface area contributed by atoms with Crippen LogP contribution in [0.1, 0.15) is 20.3 Å². The van der Waals surface area contributed by atoms with E-state index in [9.17, 15) is 24.0 Å². The molecule has 118 valence electrons. The number of hydrogen-bond donors (Lipinski definition) is 4. The van der Waals surface area contributed by atoms with Gasteiger partial charge in [0.15, 0.2) is 5.78 Å². The third kappa shape index (κ3) is 8.35. The van der Waals surface area contributed by atoms with Crippen molar-refractivity contribution in [2.45, 2.75) is 26.3 Å². The molecule has 0 spiro atoms. The summed E-state index contributed by atoms with van der Waals surface area (Å²) in [7, 11) is 0. The number of primary amides is 1. The summed E-state index contributed by atoms with van der Waals surface area (Å²) < 4.78 is 0. The SMILES string of the molecule is CC(C)C(=O)CNC(=O)C(CC(N)=O)NC(=O)CNC=O. The molecule has 0 radical (unpaired) electrons. The Kier molecular flexibility index (Phi) is 8.35. The number of carbonyl (C=O) groups excluding carboxylic acids is 5. The highest BCUT2D eigenvalue weighted by atomic mass is 16.2. The minimum atomic E-state index is -1.19. The summed E-state index contributed by atoms with van der Waals surface area (Å²) in [5, 5.41) is 6.70. The second-order valence-corrected chi connectivity index (χ2v) is 4.63. The molecule has 0 aliphatic rings. The van der Waals surface area contributed by atoms with Crippen LogP contribution in [0.4, 0.5) is 0 Å². The zero-order valence-electron chi connectivity index (χ0n) is 12.0. The van der Waals surface area contributed by atoms with Crippen LogP contribution in [0.25, 0.3) is 0 Å². The normalized spacial score (nSPS) is 11.4. The summed E-state index contributed by atoms with van der Waals surface area (Å²) in [5.41, 5.74) is 5.00. The number of amides is 4. The maximum atomic E-state index is 11.8. The van der Waals surface area contributed by atoms with E-state index in [4.69, 9.17) is 5.73 Å². The standard InChI is InChI=1S/C12H20N4O5/c1-7(2)9(18)4-15-12(21)8(3-10(13)19)16-11(20)5-14-6-17/h6-8H,3-5H2,1-2H3,(H2,13,19)(H,14,17)(H,15,21)(H,16,20). The molecule has 0 aromatic carbocycles. The van der Waals surface area contributed by atoms with Crippen LogP contribution >= 0.6 is 0 Å². The van der Waals surface area contributed by atoms with Crippen molar-refractivity contribution in [3.05, 3.63) is 0 Å².